The van der Waals surface area contributed by atoms with Crippen molar-refractivity contribution in [2.45, 2.75) is 32.0 Å². The number of carbonyl (C=O) groups excluding carboxylic acids is 1. The van der Waals surface area contributed by atoms with E-state index >= 15 is 4.39 Å². The quantitative estimate of drug-likeness (QED) is 0.535. The summed E-state index contributed by atoms with van der Waals surface area (Å²) in [6, 6.07) is 16.4. The van der Waals surface area contributed by atoms with E-state index in [0.717, 1.165) is 24.9 Å². The molecule has 1 aliphatic rings. The zero-order valence-corrected chi connectivity index (χ0v) is 19.0. The Labute approximate surface area is 193 Å². The van der Waals surface area contributed by atoms with Crippen molar-refractivity contribution in [3.8, 4) is 11.6 Å². The summed E-state index contributed by atoms with van der Waals surface area (Å²) in [4.78, 5) is 14.7. The van der Waals surface area contributed by atoms with E-state index in [1.54, 1.807) is 27.8 Å². The first-order valence-electron chi connectivity index (χ1n) is 11.1. The number of halogens is 1. The zero-order chi connectivity index (χ0) is 23.2. The van der Waals surface area contributed by atoms with Crippen LogP contribution in [0.4, 0.5) is 4.39 Å². The summed E-state index contributed by atoms with van der Waals surface area (Å²) in [5.74, 6) is 0.292. The lowest BCUT2D eigenvalue weighted by Gasteiger charge is -2.22. The highest BCUT2D eigenvalue weighted by Gasteiger charge is 2.26. The Kier molecular flexibility index (Phi) is 7.24. The predicted molar refractivity (Wildman–Crippen MR) is 123 cm³/mol. The number of amides is 1. The molecule has 0 saturated carbocycles. The fraction of sp³-hybridized carbons (Fsp3) is 0.360. The van der Waals surface area contributed by atoms with Crippen LogP contribution in [-0.2, 0) is 13.1 Å². The first-order chi connectivity index (χ1) is 16.1. The Morgan fingerprint density at radius 3 is 2.70 bits per heavy atom. The van der Waals surface area contributed by atoms with Crippen molar-refractivity contribution in [3.05, 3.63) is 77.2 Å². The molecule has 0 bridgehead atoms. The lowest BCUT2D eigenvalue weighted by atomic mass is 10.1. The number of ether oxygens (including phenoxy) is 2. The maximum absolute atomic E-state index is 15.0. The molecule has 33 heavy (non-hydrogen) atoms. The van der Waals surface area contributed by atoms with Gasteiger partial charge in [0.2, 0.25) is 5.88 Å². The van der Waals surface area contributed by atoms with Crippen molar-refractivity contribution in [1.82, 2.24) is 20.0 Å². The van der Waals surface area contributed by atoms with Crippen LogP contribution in [0.25, 0.3) is 0 Å². The van der Waals surface area contributed by atoms with Crippen LogP contribution in [0.1, 0.15) is 40.6 Å². The number of hydrogen-bond acceptors (Lipinski definition) is 5. The monoisotopic (exact) mass is 452 g/mol. The van der Waals surface area contributed by atoms with Gasteiger partial charge < -0.3 is 19.7 Å². The highest BCUT2D eigenvalue weighted by Crippen LogP contribution is 2.27. The molecule has 1 amide bonds. The number of aromatic nitrogens is 2. The molecule has 0 spiro atoms. The minimum Gasteiger partial charge on any atom is -0.486 e. The summed E-state index contributed by atoms with van der Waals surface area (Å²) in [6.45, 7) is 2.10. The molecule has 4 rings (SSSR count). The van der Waals surface area contributed by atoms with Crippen molar-refractivity contribution in [1.29, 1.82) is 0 Å². The Balaban J connectivity index is 1.48. The van der Waals surface area contributed by atoms with Crippen LogP contribution in [0.3, 0.4) is 0 Å². The van der Waals surface area contributed by atoms with Gasteiger partial charge in [-0.15, -0.1) is 5.10 Å². The second kappa shape index (κ2) is 10.5. The van der Waals surface area contributed by atoms with Gasteiger partial charge in [0, 0.05) is 43.8 Å². The van der Waals surface area contributed by atoms with Crippen molar-refractivity contribution >= 4 is 5.91 Å². The molecule has 2 heterocycles. The first-order valence-corrected chi connectivity index (χ1v) is 11.1. The topological polar surface area (TPSA) is 68.6 Å². The SMILES string of the molecule is CNCCC(Oc1ccc(CN2CCCn3nc(OC)cc3C2=O)c(F)c1)c1ccccc1. The average Bonchev–Trinajstić information content (AvgIpc) is 3.20. The Morgan fingerprint density at radius 1 is 1.15 bits per heavy atom. The van der Waals surface area contributed by atoms with Gasteiger partial charge in [0.1, 0.15) is 23.4 Å². The molecule has 1 aromatic heterocycles. The maximum atomic E-state index is 15.0. The minimum atomic E-state index is -0.393. The number of nitrogens with zero attached hydrogens (tertiary/aromatic N) is 3. The van der Waals surface area contributed by atoms with E-state index in [1.165, 1.54) is 13.2 Å². The van der Waals surface area contributed by atoms with Gasteiger partial charge in [-0.05, 0) is 31.6 Å². The second-order valence-electron chi connectivity index (χ2n) is 8.04. The highest BCUT2D eigenvalue weighted by atomic mass is 19.1. The van der Waals surface area contributed by atoms with Crippen molar-refractivity contribution in [3.63, 3.8) is 0 Å². The zero-order valence-electron chi connectivity index (χ0n) is 19.0. The first kappa shape index (κ1) is 22.8. The molecule has 1 atom stereocenters. The smallest absolute Gasteiger partial charge is 0.272 e. The predicted octanol–water partition coefficient (Wildman–Crippen LogP) is 3.81. The molecule has 0 saturated heterocycles. The average molecular weight is 453 g/mol. The summed E-state index contributed by atoms with van der Waals surface area (Å²) in [5.41, 5.74) is 1.95. The molecule has 1 N–H and O–H groups in total. The van der Waals surface area contributed by atoms with Gasteiger partial charge in [-0.1, -0.05) is 36.4 Å². The third-order valence-electron chi connectivity index (χ3n) is 5.76. The molecule has 3 aromatic rings. The van der Waals surface area contributed by atoms with Crippen LogP contribution in [0.5, 0.6) is 11.6 Å². The van der Waals surface area contributed by atoms with E-state index in [-0.39, 0.29) is 18.6 Å². The van der Waals surface area contributed by atoms with Crippen LogP contribution in [0.15, 0.2) is 54.6 Å². The van der Waals surface area contributed by atoms with Crippen LogP contribution in [0.2, 0.25) is 0 Å². The fourth-order valence-electron chi connectivity index (χ4n) is 4.00. The normalized spacial score (nSPS) is 14.5. The van der Waals surface area contributed by atoms with Gasteiger partial charge in [-0.3, -0.25) is 9.48 Å². The van der Waals surface area contributed by atoms with E-state index in [9.17, 15) is 4.79 Å². The summed E-state index contributed by atoms with van der Waals surface area (Å²) >= 11 is 0. The summed E-state index contributed by atoms with van der Waals surface area (Å²) in [5, 5.41) is 7.41. The number of hydrogen-bond donors (Lipinski definition) is 1. The third-order valence-corrected chi connectivity index (χ3v) is 5.76. The number of rotatable bonds is 9. The van der Waals surface area contributed by atoms with Crippen LogP contribution in [0, 0.1) is 5.82 Å². The summed E-state index contributed by atoms with van der Waals surface area (Å²) < 4.78 is 28.0. The Morgan fingerprint density at radius 2 is 1.97 bits per heavy atom. The lowest BCUT2D eigenvalue weighted by Crippen LogP contribution is -2.31. The molecule has 0 radical (unpaired) electrons. The molecule has 0 aliphatic carbocycles. The molecular formula is C25H29FN4O3. The van der Waals surface area contributed by atoms with E-state index in [4.69, 9.17) is 9.47 Å². The molecule has 1 aliphatic heterocycles. The third kappa shape index (κ3) is 5.34. The van der Waals surface area contributed by atoms with E-state index < -0.39 is 5.82 Å². The summed E-state index contributed by atoms with van der Waals surface area (Å²) in [7, 11) is 3.41. The maximum Gasteiger partial charge on any atom is 0.272 e. The van der Waals surface area contributed by atoms with E-state index in [1.807, 2.05) is 37.4 Å². The highest BCUT2D eigenvalue weighted by molar-refractivity contribution is 5.93. The summed E-state index contributed by atoms with van der Waals surface area (Å²) in [6.07, 6.45) is 1.30. The van der Waals surface area contributed by atoms with Gasteiger partial charge in [0.05, 0.1) is 7.11 Å². The van der Waals surface area contributed by atoms with Crippen molar-refractivity contribution < 1.29 is 18.7 Å². The van der Waals surface area contributed by atoms with E-state index in [0.29, 0.717) is 36.0 Å². The standard InChI is InChI=1S/C25H29FN4O3/c1-27-12-11-23(18-7-4-3-5-8-18)33-20-10-9-19(21(26)15-20)17-29-13-6-14-30-22(25(29)31)16-24(28-30)32-2/h3-5,7-10,15-16,23,27H,6,11-14,17H2,1-2H3. The number of nitrogens with one attached hydrogen (secondary N) is 1. The minimum absolute atomic E-state index is 0.181. The molecular weight excluding hydrogens is 423 g/mol. The van der Waals surface area contributed by atoms with Crippen LogP contribution >= 0.6 is 0 Å². The van der Waals surface area contributed by atoms with Crippen LogP contribution < -0.4 is 14.8 Å². The van der Waals surface area contributed by atoms with E-state index in [2.05, 4.69) is 10.4 Å². The van der Waals surface area contributed by atoms with Gasteiger partial charge in [-0.2, -0.15) is 0 Å². The molecule has 174 valence electrons. The Bertz CT molecular complexity index is 1090. The number of fused-ring (bicyclic) bond motifs is 1. The molecule has 2 aromatic carbocycles. The molecule has 8 heteroatoms. The van der Waals surface area contributed by atoms with Gasteiger partial charge in [-0.25, -0.2) is 4.39 Å². The number of carbonyl (C=O) groups is 1. The van der Waals surface area contributed by atoms with Gasteiger partial charge in [0.15, 0.2) is 0 Å². The largest absolute Gasteiger partial charge is 0.486 e. The number of benzene rings is 2. The molecule has 0 fully saturated rings. The molecule has 1 unspecified atom stereocenters. The van der Waals surface area contributed by atoms with Crippen molar-refractivity contribution in [2.75, 3.05) is 27.2 Å². The number of aryl methyl sites for hydroxylation is 1. The van der Waals surface area contributed by atoms with Crippen molar-refractivity contribution in [2.24, 2.45) is 0 Å². The lowest BCUT2D eigenvalue weighted by molar-refractivity contribution is 0.0744. The fourth-order valence-corrected chi connectivity index (χ4v) is 4.00. The molecule has 7 nitrogen and oxygen atoms in total. The van der Waals surface area contributed by atoms with Gasteiger partial charge >= 0.3 is 0 Å². The van der Waals surface area contributed by atoms with Crippen LogP contribution in [-0.4, -0.2) is 47.8 Å². The van der Waals surface area contributed by atoms with Gasteiger partial charge in [0.25, 0.3) is 5.91 Å². The second-order valence-corrected chi connectivity index (χ2v) is 8.04. The Hall–Kier alpha value is -3.39. The number of methoxy groups -OCH3 is 1.